The Labute approximate surface area is 159 Å². The minimum atomic E-state index is -0.0571. The Bertz CT molecular complexity index is 922. The summed E-state index contributed by atoms with van der Waals surface area (Å²) in [6, 6.07) is 16.5. The van der Waals surface area contributed by atoms with E-state index in [1.165, 1.54) is 5.69 Å². The molecule has 0 aliphatic carbocycles. The highest BCUT2D eigenvalue weighted by Gasteiger charge is 2.24. The number of benzene rings is 2. The lowest BCUT2D eigenvalue weighted by atomic mass is 10.1. The van der Waals surface area contributed by atoms with Crippen LogP contribution in [0.3, 0.4) is 0 Å². The van der Waals surface area contributed by atoms with Crippen LogP contribution in [0, 0.1) is 13.8 Å². The van der Waals surface area contributed by atoms with Gasteiger partial charge in [-0.3, -0.25) is 4.79 Å². The number of para-hydroxylation sites is 1. The number of nitrogens with zero attached hydrogens (tertiary/aromatic N) is 5. The minimum Gasteiger partial charge on any atom is -0.368 e. The molecule has 0 spiro atoms. The molecule has 0 bridgehead atoms. The summed E-state index contributed by atoms with van der Waals surface area (Å²) in [6.07, 6.45) is 1.72. The van der Waals surface area contributed by atoms with Crippen LogP contribution in [0.1, 0.15) is 21.6 Å². The largest absolute Gasteiger partial charge is 0.368 e. The van der Waals surface area contributed by atoms with Crippen molar-refractivity contribution < 1.29 is 4.79 Å². The summed E-state index contributed by atoms with van der Waals surface area (Å²) in [4.78, 5) is 17.0. The van der Waals surface area contributed by atoms with Crippen molar-refractivity contribution in [2.45, 2.75) is 13.8 Å². The summed E-state index contributed by atoms with van der Waals surface area (Å²) in [5.74, 6) is -0.0571. The van der Waals surface area contributed by atoms with Gasteiger partial charge >= 0.3 is 0 Å². The Morgan fingerprint density at radius 1 is 0.889 bits per heavy atom. The van der Waals surface area contributed by atoms with Crippen molar-refractivity contribution in [3.63, 3.8) is 0 Å². The SMILES string of the molecule is Cc1cc(C)cc(-n2cc(C(=O)N3CCN(c4ccccc4)CC3)nn2)c1. The summed E-state index contributed by atoms with van der Waals surface area (Å²) in [6.45, 7) is 7.10. The topological polar surface area (TPSA) is 54.3 Å². The van der Waals surface area contributed by atoms with E-state index < -0.39 is 0 Å². The summed E-state index contributed by atoms with van der Waals surface area (Å²) in [5, 5.41) is 8.27. The maximum atomic E-state index is 12.8. The molecule has 1 aliphatic heterocycles. The van der Waals surface area contributed by atoms with Crippen LogP contribution in [0.25, 0.3) is 5.69 Å². The van der Waals surface area contributed by atoms with Gasteiger partial charge in [0.15, 0.2) is 5.69 Å². The molecule has 2 aromatic carbocycles. The lowest BCUT2D eigenvalue weighted by Crippen LogP contribution is -2.48. The van der Waals surface area contributed by atoms with Crippen molar-refractivity contribution in [1.82, 2.24) is 19.9 Å². The smallest absolute Gasteiger partial charge is 0.276 e. The van der Waals surface area contributed by atoms with E-state index in [0.717, 1.165) is 29.9 Å². The second-order valence-corrected chi connectivity index (χ2v) is 7.01. The molecule has 1 saturated heterocycles. The molecule has 1 aliphatic rings. The van der Waals surface area contributed by atoms with Gasteiger partial charge in [-0.1, -0.05) is 29.5 Å². The van der Waals surface area contributed by atoms with Crippen LogP contribution in [0.15, 0.2) is 54.7 Å². The van der Waals surface area contributed by atoms with E-state index in [0.29, 0.717) is 18.8 Å². The van der Waals surface area contributed by atoms with E-state index in [9.17, 15) is 4.79 Å². The fourth-order valence-corrected chi connectivity index (χ4v) is 3.54. The van der Waals surface area contributed by atoms with E-state index in [1.807, 2.05) is 49.1 Å². The van der Waals surface area contributed by atoms with Crippen molar-refractivity contribution in [3.8, 4) is 5.69 Å². The maximum absolute atomic E-state index is 12.8. The average molecular weight is 361 g/mol. The molecule has 27 heavy (non-hydrogen) atoms. The molecule has 0 radical (unpaired) electrons. The number of aromatic nitrogens is 3. The summed E-state index contributed by atoms with van der Waals surface area (Å²) >= 11 is 0. The van der Waals surface area contributed by atoms with E-state index in [-0.39, 0.29) is 5.91 Å². The summed E-state index contributed by atoms with van der Waals surface area (Å²) in [5.41, 5.74) is 4.83. The second-order valence-electron chi connectivity index (χ2n) is 7.01. The molecule has 0 atom stereocenters. The molecule has 1 fully saturated rings. The normalized spacial score (nSPS) is 14.4. The molecule has 1 aromatic heterocycles. The number of amides is 1. The molecule has 2 heterocycles. The van der Waals surface area contributed by atoms with E-state index in [2.05, 4.69) is 33.4 Å². The monoisotopic (exact) mass is 361 g/mol. The van der Waals surface area contributed by atoms with Gasteiger partial charge in [0.2, 0.25) is 0 Å². The quantitative estimate of drug-likeness (QED) is 0.720. The Hall–Kier alpha value is -3.15. The Kier molecular flexibility index (Phi) is 4.62. The van der Waals surface area contributed by atoms with Crippen molar-refractivity contribution >= 4 is 11.6 Å². The predicted molar refractivity (Wildman–Crippen MR) is 105 cm³/mol. The highest BCUT2D eigenvalue weighted by molar-refractivity contribution is 5.92. The summed E-state index contributed by atoms with van der Waals surface area (Å²) in [7, 11) is 0. The van der Waals surface area contributed by atoms with Crippen LogP contribution in [0.2, 0.25) is 0 Å². The third-order valence-electron chi connectivity index (χ3n) is 4.87. The van der Waals surface area contributed by atoms with Gasteiger partial charge in [-0.05, 0) is 49.2 Å². The number of rotatable bonds is 3. The molecular weight excluding hydrogens is 338 g/mol. The second kappa shape index (κ2) is 7.23. The number of hydrogen-bond donors (Lipinski definition) is 0. The van der Waals surface area contributed by atoms with Gasteiger partial charge in [0.1, 0.15) is 0 Å². The van der Waals surface area contributed by atoms with Gasteiger partial charge in [-0.25, -0.2) is 4.68 Å². The molecule has 6 nitrogen and oxygen atoms in total. The van der Waals surface area contributed by atoms with Crippen LogP contribution < -0.4 is 4.90 Å². The van der Waals surface area contributed by atoms with Gasteiger partial charge in [0, 0.05) is 31.9 Å². The van der Waals surface area contributed by atoms with Crippen molar-refractivity contribution in [2.75, 3.05) is 31.1 Å². The Morgan fingerprint density at radius 2 is 1.56 bits per heavy atom. The van der Waals surface area contributed by atoms with Crippen molar-refractivity contribution in [3.05, 3.63) is 71.5 Å². The van der Waals surface area contributed by atoms with E-state index >= 15 is 0 Å². The number of anilines is 1. The van der Waals surface area contributed by atoms with Gasteiger partial charge in [-0.2, -0.15) is 0 Å². The average Bonchev–Trinajstić information content (AvgIpc) is 3.18. The first-order valence-electron chi connectivity index (χ1n) is 9.20. The number of piperazine rings is 1. The zero-order valence-electron chi connectivity index (χ0n) is 15.7. The number of carbonyl (C=O) groups excluding carboxylic acids is 1. The van der Waals surface area contributed by atoms with Crippen LogP contribution in [0.5, 0.6) is 0 Å². The Morgan fingerprint density at radius 3 is 2.22 bits per heavy atom. The Balaban J connectivity index is 1.44. The standard InChI is InChI=1S/C21H23N5O/c1-16-12-17(2)14-19(13-16)26-15-20(22-23-26)21(27)25-10-8-24(9-11-25)18-6-4-3-5-7-18/h3-7,12-15H,8-11H2,1-2H3. The van der Waals surface area contributed by atoms with E-state index in [1.54, 1.807) is 10.9 Å². The molecule has 0 unspecified atom stereocenters. The first-order valence-corrected chi connectivity index (χ1v) is 9.20. The molecule has 1 amide bonds. The first kappa shape index (κ1) is 17.3. The van der Waals surface area contributed by atoms with Crippen LogP contribution in [-0.2, 0) is 0 Å². The third-order valence-corrected chi connectivity index (χ3v) is 4.87. The lowest BCUT2D eigenvalue weighted by Gasteiger charge is -2.35. The van der Waals surface area contributed by atoms with Gasteiger partial charge < -0.3 is 9.80 Å². The van der Waals surface area contributed by atoms with Gasteiger partial charge in [0.05, 0.1) is 11.9 Å². The number of carbonyl (C=O) groups is 1. The molecule has 138 valence electrons. The zero-order valence-corrected chi connectivity index (χ0v) is 15.7. The predicted octanol–water partition coefficient (Wildman–Crippen LogP) is 2.85. The van der Waals surface area contributed by atoms with Gasteiger partial charge in [-0.15, -0.1) is 5.10 Å². The summed E-state index contributed by atoms with van der Waals surface area (Å²) < 4.78 is 1.67. The fourth-order valence-electron chi connectivity index (χ4n) is 3.54. The highest BCUT2D eigenvalue weighted by atomic mass is 16.2. The van der Waals surface area contributed by atoms with Crippen molar-refractivity contribution in [2.24, 2.45) is 0 Å². The third kappa shape index (κ3) is 3.69. The highest BCUT2D eigenvalue weighted by Crippen LogP contribution is 2.17. The molecule has 4 rings (SSSR count). The van der Waals surface area contributed by atoms with Crippen LogP contribution in [-0.4, -0.2) is 52.0 Å². The van der Waals surface area contributed by atoms with Crippen LogP contribution >= 0.6 is 0 Å². The molecular formula is C21H23N5O. The molecule has 3 aromatic rings. The number of hydrogen-bond acceptors (Lipinski definition) is 4. The molecule has 6 heteroatoms. The number of aryl methyl sites for hydroxylation is 2. The zero-order chi connectivity index (χ0) is 18.8. The molecule has 0 N–H and O–H groups in total. The van der Waals surface area contributed by atoms with Crippen LogP contribution in [0.4, 0.5) is 5.69 Å². The maximum Gasteiger partial charge on any atom is 0.276 e. The van der Waals surface area contributed by atoms with Crippen molar-refractivity contribution in [1.29, 1.82) is 0 Å². The fraction of sp³-hybridized carbons (Fsp3) is 0.286. The first-order chi connectivity index (χ1) is 13.1. The minimum absolute atomic E-state index is 0.0571. The van der Waals surface area contributed by atoms with E-state index in [4.69, 9.17) is 0 Å². The molecule has 0 saturated carbocycles. The lowest BCUT2D eigenvalue weighted by molar-refractivity contribution is 0.0741. The van der Waals surface area contributed by atoms with Gasteiger partial charge in [0.25, 0.3) is 5.91 Å².